The number of anilines is 2. The van der Waals surface area contributed by atoms with Crippen molar-refractivity contribution in [2.24, 2.45) is 4.99 Å². The van der Waals surface area contributed by atoms with Gasteiger partial charge in [0.25, 0.3) is 11.1 Å². The predicted octanol–water partition coefficient (Wildman–Crippen LogP) is 0.886. The van der Waals surface area contributed by atoms with Crippen LogP contribution in [0, 0.1) is 13.8 Å². The molecule has 1 aromatic carbocycles. The van der Waals surface area contributed by atoms with E-state index in [9.17, 15) is 38.4 Å². The van der Waals surface area contributed by atoms with Crippen LogP contribution in [0.2, 0.25) is 0 Å². The van der Waals surface area contributed by atoms with Gasteiger partial charge in [-0.15, -0.1) is 11.3 Å². The summed E-state index contributed by atoms with van der Waals surface area (Å²) < 4.78 is 2.50. The first-order valence-electron chi connectivity index (χ1n) is 15.8. The molecular formula is C33H37N9O8S. The van der Waals surface area contributed by atoms with E-state index >= 15 is 0 Å². The molecule has 6 N–H and O–H groups in total. The van der Waals surface area contributed by atoms with Gasteiger partial charge in [0.05, 0.1) is 10.7 Å². The van der Waals surface area contributed by atoms with E-state index in [0.717, 1.165) is 4.88 Å². The number of thiophene rings is 1. The predicted molar refractivity (Wildman–Crippen MR) is 192 cm³/mol. The van der Waals surface area contributed by atoms with E-state index in [1.807, 2.05) is 0 Å². The van der Waals surface area contributed by atoms with Crippen LogP contribution in [-0.2, 0) is 32.3 Å². The largest absolute Gasteiger partial charge is 0.356 e. The van der Waals surface area contributed by atoms with E-state index in [1.54, 1.807) is 56.5 Å². The van der Waals surface area contributed by atoms with Crippen LogP contribution < -0.4 is 43.8 Å². The maximum Gasteiger partial charge on any atom is 0.328 e. The minimum atomic E-state index is -0.593. The van der Waals surface area contributed by atoms with Gasteiger partial charge in [-0.25, -0.2) is 9.59 Å². The standard InChI is InChI=1S/C33H37N9O8S/c1-20-18-41(32(49)39-30(20)47)15-11-25(43)34-13-9-27(45)37-23-5-3-22(4-6-23)36-17-24-7-8-29(51-24)38-28(46)10-14-35-26(44)12-16-42-19-21(2)31(48)40-33(42)50/h3-8,17-19H,9-16H2,1-2H3,(H,34,43)(H,35,44)(H,37,45)(H,38,46)(H,39,47,49)(H,40,48,50). The molecular weight excluding hydrogens is 682 g/mol. The quantitative estimate of drug-likeness (QED) is 0.0907. The van der Waals surface area contributed by atoms with Crippen LogP contribution in [0.3, 0.4) is 0 Å². The zero-order valence-electron chi connectivity index (χ0n) is 27.9. The van der Waals surface area contributed by atoms with E-state index in [-0.39, 0.29) is 75.5 Å². The molecule has 0 radical (unpaired) electrons. The number of benzene rings is 1. The molecule has 0 unspecified atom stereocenters. The summed E-state index contributed by atoms with van der Waals surface area (Å²) in [4.78, 5) is 105. The highest BCUT2D eigenvalue weighted by atomic mass is 32.1. The summed E-state index contributed by atoms with van der Waals surface area (Å²) in [6.45, 7) is 3.53. The van der Waals surface area contributed by atoms with Crippen LogP contribution in [0.5, 0.6) is 0 Å². The third kappa shape index (κ3) is 12.0. The number of hydrogen-bond acceptors (Lipinski definition) is 10. The third-order valence-electron chi connectivity index (χ3n) is 7.27. The number of aromatic nitrogens is 4. The van der Waals surface area contributed by atoms with Crippen LogP contribution in [0.1, 0.15) is 41.7 Å². The Morgan fingerprint density at radius 1 is 0.686 bits per heavy atom. The first kappa shape index (κ1) is 37.6. The lowest BCUT2D eigenvalue weighted by Crippen LogP contribution is -2.33. The molecule has 0 aliphatic rings. The van der Waals surface area contributed by atoms with Crippen LogP contribution in [0.4, 0.5) is 16.4 Å². The highest BCUT2D eigenvalue weighted by Crippen LogP contribution is 2.22. The molecule has 0 atom stereocenters. The van der Waals surface area contributed by atoms with E-state index < -0.39 is 22.5 Å². The molecule has 0 saturated heterocycles. The lowest BCUT2D eigenvalue weighted by atomic mass is 10.2. The Labute approximate surface area is 293 Å². The Balaban J connectivity index is 1.11. The summed E-state index contributed by atoms with van der Waals surface area (Å²) in [5, 5.41) is 11.4. The Bertz CT molecular complexity index is 2160. The van der Waals surface area contributed by atoms with E-state index in [2.05, 4.69) is 36.2 Å². The molecule has 4 amide bonds. The number of aliphatic imine (C=N–C) groups is 1. The zero-order chi connectivity index (χ0) is 36.9. The Morgan fingerprint density at radius 2 is 1.20 bits per heavy atom. The minimum absolute atomic E-state index is 0.00678. The topological polar surface area (TPSA) is 238 Å². The molecule has 0 aliphatic heterocycles. The molecule has 268 valence electrons. The minimum Gasteiger partial charge on any atom is -0.356 e. The van der Waals surface area contributed by atoms with Crippen molar-refractivity contribution in [3.05, 3.63) is 106 Å². The van der Waals surface area contributed by atoms with Gasteiger partial charge in [0, 0.05) is 92.2 Å². The van der Waals surface area contributed by atoms with Crippen molar-refractivity contribution >= 4 is 57.6 Å². The summed E-state index contributed by atoms with van der Waals surface area (Å²) in [5.74, 6) is -1.26. The molecule has 51 heavy (non-hydrogen) atoms. The normalized spacial score (nSPS) is 10.9. The molecule has 3 aromatic heterocycles. The Kier molecular flexibility index (Phi) is 13.3. The summed E-state index contributed by atoms with van der Waals surface area (Å²) in [6.07, 6.45) is 4.53. The van der Waals surface area contributed by atoms with Gasteiger partial charge in [-0.1, -0.05) is 0 Å². The number of carbonyl (C=O) groups excluding carboxylic acids is 4. The first-order chi connectivity index (χ1) is 24.4. The molecule has 17 nitrogen and oxygen atoms in total. The number of nitrogens with one attached hydrogen (secondary N) is 6. The van der Waals surface area contributed by atoms with Gasteiger partial charge in [-0.3, -0.25) is 52.9 Å². The third-order valence-corrected chi connectivity index (χ3v) is 8.20. The van der Waals surface area contributed by atoms with Crippen LogP contribution in [0.25, 0.3) is 0 Å². The molecule has 4 aromatic rings. The highest BCUT2D eigenvalue weighted by molar-refractivity contribution is 7.17. The lowest BCUT2D eigenvalue weighted by Gasteiger charge is -2.08. The van der Waals surface area contributed by atoms with Crippen molar-refractivity contribution in [1.29, 1.82) is 0 Å². The monoisotopic (exact) mass is 719 g/mol. The van der Waals surface area contributed by atoms with Gasteiger partial charge in [0.2, 0.25) is 23.6 Å². The maximum atomic E-state index is 12.3. The SMILES string of the molecule is Cc1cn(CCC(=O)NCCC(=O)Nc2ccc(N=Cc3ccc(NC(=O)CCNC(=O)CCn4cc(C)c(=O)[nH]c4=O)s3)cc2)c(=O)[nH]c1=O. The number of H-pyrrole nitrogens is 2. The second-order valence-electron chi connectivity index (χ2n) is 11.3. The summed E-state index contributed by atoms with van der Waals surface area (Å²) >= 11 is 1.31. The molecule has 0 fully saturated rings. The van der Waals surface area contributed by atoms with Crippen molar-refractivity contribution in [3.8, 4) is 0 Å². The highest BCUT2D eigenvalue weighted by Gasteiger charge is 2.10. The number of nitrogens with zero attached hydrogens (tertiary/aromatic N) is 3. The second kappa shape index (κ2) is 18.0. The van der Waals surface area contributed by atoms with Crippen LogP contribution in [-0.4, -0.2) is 62.0 Å². The summed E-state index contributed by atoms with van der Waals surface area (Å²) in [6, 6.07) is 10.4. The molecule has 0 bridgehead atoms. The fraction of sp³-hybridized carbons (Fsp3) is 0.303. The molecule has 3 heterocycles. The number of amides is 4. The van der Waals surface area contributed by atoms with E-state index in [4.69, 9.17) is 0 Å². The number of rotatable bonds is 16. The Hall–Kier alpha value is -6.17. The van der Waals surface area contributed by atoms with Crippen molar-refractivity contribution in [2.75, 3.05) is 23.7 Å². The average Bonchev–Trinajstić information content (AvgIpc) is 3.53. The van der Waals surface area contributed by atoms with Gasteiger partial charge >= 0.3 is 11.4 Å². The molecule has 0 aliphatic carbocycles. The van der Waals surface area contributed by atoms with Gasteiger partial charge < -0.3 is 21.3 Å². The second-order valence-corrected chi connectivity index (χ2v) is 12.4. The van der Waals surface area contributed by atoms with Crippen molar-refractivity contribution < 1.29 is 19.2 Å². The van der Waals surface area contributed by atoms with Gasteiger partial charge in [0.15, 0.2) is 0 Å². The number of hydrogen-bond donors (Lipinski definition) is 6. The van der Waals surface area contributed by atoms with Gasteiger partial charge in [0.1, 0.15) is 0 Å². The maximum absolute atomic E-state index is 12.3. The molecule has 4 rings (SSSR count). The van der Waals surface area contributed by atoms with Crippen LogP contribution >= 0.6 is 11.3 Å². The van der Waals surface area contributed by atoms with E-state index in [0.29, 0.717) is 27.5 Å². The first-order valence-corrected chi connectivity index (χ1v) is 16.7. The lowest BCUT2D eigenvalue weighted by molar-refractivity contribution is -0.122. The zero-order valence-corrected chi connectivity index (χ0v) is 28.7. The molecule has 0 spiro atoms. The van der Waals surface area contributed by atoms with Crippen molar-refractivity contribution in [2.45, 2.75) is 52.6 Å². The molecule has 0 saturated carbocycles. The van der Waals surface area contributed by atoms with Gasteiger partial charge in [-0.05, 0) is 50.2 Å². The van der Waals surface area contributed by atoms with Crippen molar-refractivity contribution in [3.63, 3.8) is 0 Å². The molecule has 18 heteroatoms. The summed E-state index contributed by atoms with van der Waals surface area (Å²) in [5.41, 5.74) is -0.220. The van der Waals surface area contributed by atoms with Crippen molar-refractivity contribution in [1.82, 2.24) is 29.7 Å². The van der Waals surface area contributed by atoms with Gasteiger partial charge in [-0.2, -0.15) is 0 Å². The number of aromatic amines is 2. The number of aryl methyl sites for hydroxylation is 4. The number of carbonyl (C=O) groups is 4. The van der Waals surface area contributed by atoms with E-state index in [1.165, 1.54) is 32.9 Å². The van der Waals surface area contributed by atoms with Crippen LogP contribution in [0.15, 0.2) is 73.0 Å². The average molecular weight is 720 g/mol. The summed E-state index contributed by atoms with van der Waals surface area (Å²) in [7, 11) is 0. The Morgan fingerprint density at radius 3 is 1.73 bits per heavy atom. The smallest absolute Gasteiger partial charge is 0.328 e. The fourth-order valence-electron chi connectivity index (χ4n) is 4.50. The fourth-order valence-corrected chi connectivity index (χ4v) is 5.30.